The van der Waals surface area contributed by atoms with Crippen LogP contribution in [0.5, 0.6) is 5.75 Å². The molecule has 2 rings (SSSR count). The van der Waals surface area contributed by atoms with Crippen molar-refractivity contribution in [3.05, 3.63) is 24.0 Å². The molecule has 1 aromatic heterocycles. The van der Waals surface area contributed by atoms with Crippen molar-refractivity contribution in [3.8, 4) is 11.8 Å². The Labute approximate surface area is 95.5 Å². The van der Waals surface area contributed by atoms with Crippen molar-refractivity contribution in [2.45, 2.75) is 18.9 Å². The quantitative estimate of drug-likeness (QED) is 0.768. The molecule has 1 aromatic rings. The van der Waals surface area contributed by atoms with Gasteiger partial charge in [0.1, 0.15) is 12.7 Å². The van der Waals surface area contributed by atoms with E-state index in [1.165, 1.54) is 12.8 Å². The van der Waals surface area contributed by atoms with E-state index in [9.17, 15) is 0 Å². The second-order valence-electron chi connectivity index (χ2n) is 4.07. The minimum atomic E-state index is 0.465. The molecule has 4 nitrogen and oxygen atoms in total. The van der Waals surface area contributed by atoms with E-state index >= 15 is 0 Å². The van der Waals surface area contributed by atoms with Crippen LogP contribution in [0.2, 0.25) is 0 Å². The average Bonchev–Trinajstić information content (AvgIpc) is 2.72. The zero-order valence-corrected chi connectivity index (χ0v) is 9.39. The van der Waals surface area contributed by atoms with Gasteiger partial charge in [-0.15, -0.1) is 0 Å². The first-order valence-corrected chi connectivity index (χ1v) is 5.48. The molecule has 84 valence electrons. The Hall–Kier alpha value is -1.60. The van der Waals surface area contributed by atoms with Crippen molar-refractivity contribution < 1.29 is 4.74 Å². The summed E-state index contributed by atoms with van der Waals surface area (Å²) in [6.07, 6.45) is 5.60. The number of ether oxygens (including phenoxy) is 1. The van der Waals surface area contributed by atoms with Gasteiger partial charge in [0.05, 0.1) is 11.8 Å². The van der Waals surface area contributed by atoms with Gasteiger partial charge in [-0.3, -0.25) is 4.98 Å². The van der Waals surface area contributed by atoms with Crippen molar-refractivity contribution in [3.63, 3.8) is 0 Å². The minimum Gasteiger partial charge on any atom is -0.489 e. The molecule has 4 heteroatoms. The molecule has 1 aliphatic heterocycles. The number of nitrogens with zero attached hydrogens (tertiary/aromatic N) is 3. The van der Waals surface area contributed by atoms with E-state index in [-0.39, 0.29) is 0 Å². The lowest BCUT2D eigenvalue weighted by Crippen LogP contribution is -2.30. The Morgan fingerprint density at radius 1 is 1.69 bits per heavy atom. The largest absolute Gasteiger partial charge is 0.489 e. The van der Waals surface area contributed by atoms with Gasteiger partial charge in [0.2, 0.25) is 0 Å². The average molecular weight is 217 g/mol. The summed E-state index contributed by atoms with van der Waals surface area (Å²) in [7, 11) is 2.11. The van der Waals surface area contributed by atoms with E-state index < -0.39 is 0 Å². The molecule has 1 saturated heterocycles. The molecule has 0 bridgehead atoms. The van der Waals surface area contributed by atoms with Gasteiger partial charge in [-0.2, -0.15) is 5.26 Å². The van der Waals surface area contributed by atoms with Gasteiger partial charge in [0, 0.05) is 12.2 Å². The molecule has 0 spiro atoms. The molecule has 1 atom stereocenters. The van der Waals surface area contributed by atoms with E-state index in [1.807, 2.05) is 0 Å². The third-order valence-corrected chi connectivity index (χ3v) is 3.01. The Morgan fingerprint density at radius 3 is 3.25 bits per heavy atom. The molecule has 0 amide bonds. The van der Waals surface area contributed by atoms with Crippen LogP contribution in [0.3, 0.4) is 0 Å². The van der Waals surface area contributed by atoms with Gasteiger partial charge in [-0.25, -0.2) is 0 Å². The van der Waals surface area contributed by atoms with Crippen LogP contribution in [-0.4, -0.2) is 36.1 Å². The molecule has 1 unspecified atom stereocenters. The maximum atomic E-state index is 8.89. The van der Waals surface area contributed by atoms with E-state index in [0.29, 0.717) is 24.0 Å². The number of likely N-dealkylation sites (tertiary alicyclic amines) is 1. The normalized spacial score (nSPS) is 20.6. The highest BCUT2D eigenvalue weighted by Gasteiger charge is 2.21. The molecule has 0 saturated carbocycles. The van der Waals surface area contributed by atoms with E-state index in [4.69, 9.17) is 10.00 Å². The first-order valence-electron chi connectivity index (χ1n) is 5.48. The topological polar surface area (TPSA) is 49.1 Å². The highest BCUT2D eigenvalue weighted by atomic mass is 16.5. The summed E-state index contributed by atoms with van der Waals surface area (Å²) in [5.74, 6) is 0.588. The van der Waals surface area contributed by atoms with Crippen molar-refractivity contribution in [2.75, 3.05) is 20.2 Å². The molecule has 0 radical (unpaired) electrons. The molecular formula is C12H15N3O. The zero-order chi connectivity index (χ0) is 11.4. The third-order valence-electron chi connectivity index (χ3n) is 3.01. The van der Waals surface area contributed by atoms with E-state index in [0.717, 1.165) is 6.54 Å². The zero-order valence-electron chi connectivity index (χ0n) is 9.39. The molecule has 0 aromatic carbocycles. The van der Waals surface area contributed by atoms with Crippen molar-refractivity contribution >= 4 is 0 Å². The molecular weight excluding hydrogens is 202 g/mol. The molecule has 1 fully saturated rings. The van der Waals surface area contributed by atoms with Crippen molar-refractivity contribution in [2.24, 2.45) is 0 Å². The van der Waals surface area contributed by atoms with Crippen LogP contribution in [0.1, 0.15) is 18.4 Å². The van der Waals surface area contributed by atoms with Crippen LogP contribution in [0.25, 0.3) is 0 Å². The minimum absolute atomic E-state index is 0.465. The Morgan fingerprint density at radius 2 is 2.56 bits per heavy atom. The molecule has 0 N–H and O–H groups in total. The van der Waals surface area contributed by atoms with Crippen molar-refractivity contribution in [1.82, 2.24) is 9.88 Å². The Kier molecular flexibility index (Phi) is 3.37. The summed E-state index contributed by atoms with van der Waals surface area (Å²) >= 11 is 0. The lowest BCUT2D eigenvalue weighted by Gasteiger charge is -2.19. The maximum Gasteiger partial charge on any atom is 0.155 e. The van der Waals surface area contributed by atoms with E-state index in [1.54, 1.807) is 18.5 Å². The molecule has 0 aliphatic carbocycles. The SMILES string of the molecule is CN1CCCC1COc1cnccc1C#N. The predicted octanol–water partition coefficient (Wildman–Crippen LogP) is 1.43. The molecule has 2 heterocycles. The summed E-state index contributed by atoms with van der Waals surface area (Å²) in [4.78, 5) is 6.26. The highest BCUT2D eigenvalue weighted by Crippen LogP contribution is 2.19. The number of likely N-dealkylation sites (N-methyl/N-ethyl adjacent to an activating group) is 1. The van der Waals surface area contributed by atoms with E-state index in [2.05, 4.69) is 23.0 Å². The fraction of sp³-hybridized carbons (Fsp3) is 0.500. The van der Waals surface area contributed by atoms with Gasteiger partial charge in [0.15, 0.2) is 5.75 Å². The van der Waals surface area contributed by atoms with Gasteiger partial charge in [-0.05, 0) is 32.5 Å². The van der Waals surface area contributed by atoms with Gasteiger partial charge in [-0.1, -0.05) is 0 Å². The van der Waals surface area contributed by atoms with Crippen LogP contribution in [0, 0.1) is 11.3 Å². The van der Waals surface area contributed by atoms with Gasteiger partial charge >= 0.3 is 0 Å². The number of nitriles is 1. The highest BCUT2D eigenvalue weighted by molar-refractivity contribution is 5.40. The standard InChI is InChI=1S/C12H15N3O/c1-15-6-2-3-11(15)9-16-12-8-14-5-4-10(12)7-13/h4-5,8,11H,2-3,6,9H2,1H3. The second-order valence-corrected chi connectivity index (χ2v) is 4.07. The van der Waals surface area contributed by atoms with Crippen LogP contribution in [-0.2, 0) is 0 Å². The fourth-order valence-electron chi connectivity index (χ4n) is 1.96. The lowest BCUT2D eigenvalue weighted by molar-refractivity contribution is 0.197. The number of rotatable bonds is 3. The maximum absolute atomic E-state index is 8.89. The third kappa shape index (κ3) is 2.31. The fourth-order valence-corrected chi connectivity index (χ4v) is 1.96. The number of aromatic nitrogens is 1. The number of pyridine rings is 1. The summed E-state index contributed by atoms with van der Waals surface area (Å²) in [5, 5.41) is 8.89. The lowest BCUT2D eigenvalue weighted by atomic mass is 10.2. The Balaban J connectivity index is 1.97. The Bertz CT molecular complexity index is 399. The predicted molar refractivity (Wildman–Crippen MR) is 60.1 cm³/mol. The van der Waals surface area contributed by atoms with Crippen molar-refractivity contribution in [1.29, 1.82) is 5.26 Å². The molecule has 1 aliphatic rings. The monoisotopic (exact) mass is 217 g/mol. The number of hydrogen-bond donors (Lipinski definition) is 0. The van der Waals surface area contributed by atoms with Gasteiger partial charge in [0.25, 0.3) is 0 Å². The van der Waals surface area contributed by atoms with Gasteiger partial charge < -0.3 is 9.64 Å². The first-order chi connectivity index (χ1) is 7.81. The summed E-state index contributed by atoms with van der Waals surface area (Å²) in [6.45, 7) is 1.77. The van der Waals surface area contributed by atoms with Crippen LogP contribution >= 0.6 is 0 Å². The van der Waals surface area contributed by atoms with Crippen LogP contribution in [0.4, 0.5) is 0 Å². The summed E-state index contributed by atoms with van der Waals surface area (Å²) in [5.41, 5.74) is 0.552. The number of hydrogen-bond acceptors (Lipinski definition) is 4. The van der Waals surface area contributed by atoms with Crippen LogP contribution < -0.4 is 4.74 Å². The molecule has 16 heavy (non-hydrogen) atoms. The summed E-state index contributed by atoms with van der Waals surface area (Å²) in [6, 6.07) is 4.24. The summed E-state index contributed by atoms with van der Waals surface area (Å²) < 4.78 is 5.66. The second kappa shape index (κ2) is 4.95. The van der Waals surface area contributed by atoms with Crippen LogP contribution in [0.15, 0.2) is 18.5 Å². The smallest absolute Gasteiger partial charge is 0.155 e. The first kappa shape index (κ1) is 10.9.